The lowest BCUT2D eigenvalue weighted by Gasteiger charge is -2.13. The highest BCUT2D eigenvalue weighted by Crippen LogP contribution is 2.02. The van der Waals surface area contributed by atoms with Gasteiger partial charge in [-0.3, -0.25) is 4.79 Å². The molecule has 0 aromatic rings. The molecular formula is C10H21NO. The topological polar surface area (TPSA) is 29.1 Å². The molecule has 2 atom stereocenters. The minimum absolute atomic E-state index is 0.161. The Morgan fingerprint density at radius 1 is 1.25 bits per heavy atom. The molecule has 1 unspecified atom stereocenters. The van der Waals surface area contributed by atoms with E-state index in [0.29, 0.717) is 5.92 Å². The molecule has 0 saturated heterocycles. The highest BCUT2D eigenvalue weighted by molar-refractivity contribution is 5.78. The maximum absolute atomic E-state index is 11.3. The first kappa shape index (κ1) is 11.5. The summed E-state index contributed by atoms with van der Waals surface area (Å²) in [5.41, 5.74) is 0. The van der Waals surface area contributed by atoms with Gasteiger partial charge in [0.15, 0.2) is 0 Å². The molecule has 0 aliphatic carbocycles. The SMILES string of the molecule is CCC(C)CNC(=O)[C@H](C)CC. The van der Waals surface area contributed by atoms with Crippen LogP contribution in [0.5, 0.6) is 0 Å². The van der Waals surface area contributed by atoms with Crippen LogP contribution < -0.4 is 5.32 Å². The number of amides is 1. The van der Waals surface area contributed by atoms with Crippen molar-refractivity contribution in [2.75, 3.05) is 6.54 Å². The van der Waals surface area contributed by atoms with Gasteiger partial charge in [0.2, 0.25) is 5.91 Å². The number of nitrogens with one attached hydrogen (secondary N) is 1. The van der Waals surface area contributed by atoms with Crippen LogP contribution in [0, 0.1) is 11.8 Å². The summed E-state index contributed by atoms with van der Waals surface area (Å²) in [5.74, 6) is 0.949. The van der Waals surface area contributed by atoms with E-state index in [0.717, 1.165) is 19.4 Å². The predicted octanol–water partition coefficient (Wildman–Crippen LogP) is 2.19. The summed E-state index contributed by atoms with van der Waals surface area (Å²) in [7, 11) is 0. The Morgan fingerprint density at radius 3 is 2.25 bits per heavy atom. The van der Waals surface area contributed by atoms with Crippen molar-refractivity contribution in [3.05, 3.63) is 0 Å². The smallest absolute Gasteiger partial charge is 0.222 e. The second kappa shape index (κ2) is 6.04. The highest BCUT2D eigenvalue weighted by atomic mass is 16.1. The second-order valence-corrected chi connectivity index (χ2v) is 3.57. The molecule has 2 heteroatoms. The molecule has 0 aromatic carbocycles. The van der Waals surface area contributed by atoms with Crippen LogP contribution in [-0.4, -0.2) is 12.5 Å². The molecule has 0 radical (unpaired) electrons. The summed E-state index contributed by atoms with van der Waals surface area (Å²) in [6.07, 6.45) is 2.05. The van der Waals surface area contributed by atoms with Crippen molar-refractivity contribution in [3.63, 3.8) is 0 Å². The lowest BCUT2D eigenvalue weighted by Crippen LogP contribution is -2.32. The zero-order valence-corrected chi connectivity index (χ0v) is 8.68. The summed E-state index contributed by atoms with van der Waals surface area (Å²) in [5, 5.41) is 2.95. The molecule has 0 aromatic heterocycles. The van der Waals surface area contributed by atoms with E-state index in [1.165, 1.54) is 0 Å². The molecule has 2 nitrogen and oxygen atoms in total. The van der Waals surface area contributed by atoms with Gasteiger partial charge in [-0.2, -0.15) is 0 Å². The molecule has 0 rings (SSSR count). The van der Waals surface area contributed by atoms with E-state index in [4.69, 9.17) is 0 Å². The third kappa shape index (κ3) is 4.37. The summed E-state index contributed by atoms with van der Waals surface area (Å²) in [6, 6.07) is 0. The Morgan fingerprint density at radius 2 is 1.83 bits per heavy atom. The summed E-state index contributed by atoms with van der Waals surface area (Å²) in [6.45, 7) is 9.11. The molecule has 0 bridgehead atoms. The first-order chi connectivity index (χ1) is 5.61. The van der Waals surface area contributed by atoms with Gasteiger partial charge in [0.1, 0.15) is 0 Å². The molecule has 0 aliphatic rings. The van der Waals surface area contributed by atoms with Gasteiger partial charge in [-0.05, 0) is 12.3 Å². The van der Waals surface area contributed by atoms with E-state index in [9.17, 15) is 4.79 Å². The largest absolute Gasteiger partial charge is 0.356 e. The maximum Gasteiger partial charge on any atom is 0.222 e. The number of carbonyl (C=O) groups is 1. The van der Waals surface area contributed by atoms with Crippen LogP contribution in [0.3, 0.4) is 0 Å². The molecule has 0 fully saturated rings. The summed E-state index contributed by atoms with van der Waals surface area (Å²) in [4.78, 5) is 11.3. The van der Waals surface area contributed by atoms with E-state index < -0.39 is 0 Å². The van der Waals surface area contributed by atoms with Crippen molar-refractivity contribution >= 4 is 5.91 Å². The first-order valence-electron chi connectivity index (χ1n) is 4.89. The normalized spacial score (nSPS) is 15.3. The fraction of sp³-hybridized carbons (Fsp3) is 0.900. The Labute approximate surface area is 75.7 Å². The van der Waals surface area contributed by atoms with E-state index in [1.54, 1.807) is 0 Å². The van der Waals surface area contributed by atoms with E-state index in [2.05, 4.69) is 19.2 Å². The van der Waals surface area contributed by atoms with Crippen LogP contribution in [0.4, 0.5) is 0 Å². The fourth-order valence-electron chi connectivity index (χ4n) is 0.779. The Kier molecular flexibility index (Phi) is 5.77. The van der Waals surface area contributed by atoms with Crippen LogP contribution >= 0.6 is 0 Å². The Hall–Kier alpha value is -0.530. The van der Waals surface area contributed by atoms with E-state index >= 15 is 0 Å². The van der Waals surface area contributed by atoms with E-state index in [1.807, 2.05) is 13.8 Å². The molecule has 0 heterocycles. The van der Waals surface area contributed by atoms with Gasteiger partial charge in [0.25, 0.3) is 0 Å². The molecule has 1 N–H and O–H groups in total. The third-order valence-corrected chi connectivity index (χ3v) is 2.38. The minimum atomic E-state index is 0.161. The molecule has 0 saturated carbocycles. The van der Waals surface area contributed by atoms with Crippen molar-refractivity contribution in [1.29, 1.82) is 0 Å². The van der Waals surface area contributed by atoms with Crippen LogP contribution in [0.25, 0.3) is 0 Å². The quantitative estimate of drug-likeness (QED) is 0.675. The van der Waals surface area contributed by atoms with Crippen molar-refractivity contribution < 1.29 is 4.79 Å². The van der Waals surface area contributed by atoms with Gasteiger partial charge < -0.3 is 5.32 Å². The Balaban J connectivity index is 3.56. The molecule has 0 aliphatic heterocycles. The van der Waals surface area contributed by atoms with Crippen LogP contribution in [-0.2, 0) is 4.79 Å². The van der Waals surface area contributed by atoms with Crippen LogP contribution in [0.15, 0.2) is 0 Å². The van der Waals surface area contributed by atoms with Crippen molar-refractivity contribution in [2.45, 2.75) is 40.5 Å². The predicted molar refractivity (Wildman–Crippen MR) is 51.9 cm³/mol. The van der Waals surface area contributed by atoms with Gasteiger partial charge in [0, 0.05) is 12.5 Å². The maximum atomic E-state index is 11.3. The van der Waals surface area contributed by atoms with Gasteiger partial charge in [0.05, 0.1) is 0 Å². The Bertz CT molecular complexity index is 134. The third-order valence-electron chi connectivity index (χ3n) is 2.38. The lowest BCUT2D eigenvalue weighted by atomic mass is 10.1. The van der Waals surface area contributed by atoms with Gasteiger partial charge >= 0.3 is 0 Å². The van der Waals surface area contributed by atoms with Gasteiger partial charge in [-0.15, -0.1) is 0 Å². The number of rotatable bonds is 5. The standard InChI is InChI=1S/C10H21NO/c1-5-8(3)7-11-10(12)9(4)6-2/h8-9H,5-7H2,1-4H3,(H,11,12)/t8?,9-/m1/s1. The lowest BCUT2D eigenvalue weighted by molar-refractivity contribution is -0.124. The van der Waals surface area contributed by atoms with E-state index in [-0.39, 0.29) is 11.8 Å². The fourth-order valence-corrected chi connectivity index (χ4v) is 0.779. The van der Waals surface area contributed by atoms with Crippen LogP contribution in [0.1, 0.15) is 40.5 Å². The summed E-state index contributed by atoms with van der Waals surface area (Å²) < 4.78 is 0. The summed E-state index contributed by atoms with van der Waals surface area (Å²) >= 11 is 0. The van der Waals surface area contributed by atoms with Gasteiger partial charge in [-0.25, -0.2) is 0 Å². The average molecular weight is 171 g/mol. The zero-order valence-electron chi connectivity index (χ0n) is 8.68. The molecule has 0 spiro atoms. The molecular weight excluding hydrogens is 150 g/mol. The highest BCUT2D eigenvalue weighted by Gasteiger charge is 2.10. The molecule has 12 heavy (non-hydrogen) atoms. The minimum Gasteiger partial charge on any atom is -0.356 e. The van der Waals surface area contributed by atoms with Gasteiger partial charge in [-0.1, -0.05) is 34.1 Å². The zero-order chi connectivity index (χ0) is 9.56. The molecule has 72 valence electrons. The monoisotopic (exact) mass is 171 g/mol. The number of hydrogen-bond acceptors (Lipinski definition) is 1. The molecule has 1 amide bonds. The second-order valence-electron chi connectivity index (χ2n) is 3.57. The number of hydrogen-bond donors (Lipinski definition) is 1. The number of carbonyl (C=O) groups excluding carboxylic acids is 1. The van der Waals surface area contributed by atoms with Crippen molar-refractivity contribution in [1.82, 2.24) is 5.32 Å². The first-order valence-corrected chi connectivity index (χ1v) is 4.89. The van der Waals surface area contributed by atoms with Crippen LogP contribution in [0.2, 0.25) is 0 Å². The van der Waals surface area contributed by atoms with Crippen molar-refractivity contribution in [2.24, 2.45) is 11.8 Å². The average Bonchev–Trinajstić information content (AvgIpc) is 2.11. The van der Waals surface area contributed by atoms with Crippen molar-refractivity contribution in [3.8, 4) is 0 Å².